The molecule has 4 heteroatoms. The number of aliphatic hydroxyl groups is 1. The normalized spacial score (nSPS) is 13.3. The van der Waals surface area contributed by atoms with Crippen molar-refractivity contribution in [3.8, 4) is 0 Å². The second-order valence-corrected chi connectivity index (χ2v) is 4.69. The minimum Gasteiger partial charge on any atom is -0.392 e. The van der Waals surface area contributed by atoms with Crippen LogP contribution in [0.5, 0.6) is 0 Å². The average Bonchev–Trinajstić information content (AvgIpc) is 2.60. The molecule has 0 fully saturated rings. The minimum atomic E-state index is -0.270. The van der Waals surface area contributed by atoms with E-state index in [9.17, 15) is 5.11 Å². The van der Waals surface area contributed by atoms with E-state index >= 15 is 0 Å². The van der Waals surface area contributed by atoms with Gasteiger partial charge in [-0.3, -0.25) is 4.68 Å². The summed E-state index contributed by atoms with van der Waals surface area (Å²) >= 11 is 0. The van der Waals surface area contributed by atoms with Crippen molar-refractivity contribution in [2.75, 3.05) is 13.1 Å². The molecule has 0 radical (unpaired) electrons. The fourth-order valence-electron chi connectivity index (χ4n) is 1.60. The molecular formula is C12H23N3O. The van der Waals surface area contributed by atoms with E-state index in [4.69, 9.17) is 0 Å². The van der Waals surface area contributed by atoms with Crippen molar-refractivity contribution in [2.45, 2.75) is 32.8 Å². The standard InChI is InChI=1S/C12H23N3O/c1-10(2)8-13-9-12(16)5-4-11-6-7-14-15(11)3/h6-7,10,12-13,16H,4-5,8-9H2,1-3H3. The van der Waals surface area contributed by atoms with E-state index in [0.29, 0.717) is 12.5 Å². The van der Waals surface area contributed by atoms with E-state index in [1.807, 2.05) is 17.8 Å². The summed E-state index contributed by atoms with van der Waals surface area (Å²) in [5.41, 5.74) is 1.17. The van der Waals surface area contributed by atoms with E-state index in [0.717, 1.165) is 19.4 Å². The number of aryl methyl sites for hydroxylation is 2. The van der Waals surface area contributed by atoms with Gasteiger partial charge in [-0.1, -0.05) is 13.8 Å². The second kappa shape index (κ2) is 6.66. The SMILES string of the molecule is CC(C)CNCC(O)CCc1ccnn1C. The molecule has 0 aliphatic heterocycles. The van der Waals surface area contributed by atoms with Gasteiger partial charge in [0, 0.05) is 25.5 Å². The van der Waals surface area contributed by atoms with Crippen LogP contribution in [0.25, 0.3) is 0 Å². The molecule has 0 aliphatic carbocycles. The maximum absolute atomic E-state index is 9.76. The summed E-state index contributed by atoms with van der Waals surface area (Å²) in [6.45, 7) is 5.96. The van der Waals surface area contributed by atoms with Crippen LogP contribution < -0.4 is 5.32 Å². The molecule has 92 valence electrons. The fraction of sp³-hybridized carbons (Fsp3) is 0.750. The summed E-state index contributed by atoms with van der Waals surface area (Å²) < 4.78 is 1.86. The molecule has 0 bridgehead atoms. The number of hydrogen-bond donors (Lipinski definition) is 2. The summed E-state index contributed by atoms with van der Waals surface area (Å²) in [6, 6.07) is 1.99. The number of nitrogens with zero attached hydrogens (tertiary/aromatic N) is 2. The Morgan fingerprint density at radius 1 is 1.44 bits per heavy atom. The smallest absolute Gasteiger partial charge is 0.0668 e. The van der Waals surface area contributed by atoms with Crippen LogP contribution in [0, 0.1) is 5.92 Å². The lowest BCUT2D eigenvalue weighted by Crippen LogP contribution is -2.30. The molecule has 0 amide bonds. The van der Waals surface area contributed by atoms with E-state index in [2.05, 4.69) is 24.3 Å². The maximum atomic E-state index is 9.76. The zero-order valence-electron chi connectivity index (χ0n) is 10.5. The van der Waals surface area contributed by atoms with Gasteiger partial charge in [-0.15, -0.1) is 0 Å². The van der Waals surface area contributed by atoms with Gasteiger partial charge in [-0.25, -0.2) is 0 Å². The highest BCUT2D eigenvalue weighted by molar-refractivity contribution is 5.00. The monoisotopic (exact) mass is 225 g/mol. The highest BCUT2D eigenvalue weighted by atomic mass is 16.3. The number of aliphatic hydroxyl groups excluding tert-OH is 1. The lowest BCUT2D eigenvalue weighted by molar-refractivity contribution is 0.160. The largest absolute Gasteiger partial charge is 0.392 e. The third-order valence-corrected chi connectivity index (χ3v) is 2.59. The predicted octanol–water partition coefficient (Wildman–Crippen LogP) is 0.959. The summed E-state index contributed by atoms with van der Waals surface area (Å²) in [5, 5.41) is 17.1. The van der Waals surface area contributed by atoms with Crippen LogP contribution in [0.1, 0.15) is 26.0 Å². The summed E-state index contributed by atoms with van der Waals surface area (Å²) in [4.78, 5) is 0. The zero-order chi connectivity index (χ0) is 12.0. The van der Waals surface area contributed by atoms with Gasteiger partial charge in [0.05, 0.1) is 6.10 Å². The van der Waals surface area contributed by atoms with Gasteiger partial charge in [0.25, 0.3) is 0 Å². The van der Waals surface area contributed by atoms with Crippen molar-refractivity contribution in [3.63, 3.8) is 0 Å². The van der Waals surface area contributed by atoms with E-state index in [1.165, 1.54) is 5.69 Å². The Morgan fingerprint density at radius 3 is 2.75 bits per heavy atom. The predicted molar refractivity (Wildman–Crippen MR) is 65.2 cm³/mol. The van der Waals surface area contributed by atoms with Crippen molar-refractivity contribution >= 4 is 0 Å². The lowest BCUT2D eigenvalue weighted by Gasteiger charge is -2.13. The third kappa shape index (κ3) is 4.77. The molecule has 16 heavy (non-hydrogen) atoms. The van der Waals surface area contributed by atoms with Crippen LogP contribution >= 0.6 is 0 Å². The second-order valence-electron chi connectivity index (χ2n) is 4.69. The maximum Gasteiger partial charge on any atom is 0.0668 e. The average molecular weight is 225 g/mol. The molecule has 1 rings (SSSR count). The first kappa shape index (κ1) is 13.2. The van der Waals surface area contributed by atoms with Gasteiger partial charge >= 0.3 is 0 Å². The molecule has 1 aromatic rings. The van der Waals surface area contributed by atoms with Crippen LogP contribution in [0.15, 0.2) is 12.3 Å². The van der Waals surface area contributed by atoms with Gasteiger partial charge < -0.3 is 10.4 Å². The van der Waals surface area contributed by atoms with E-state index in [1.54, 1.807) is 6.20 Å². The highest BCUT2D eigenvalue weighted by Gasteiger charge is 2.06. The third-order valence-electron chi connectivity index (χ3n) is 2.59. The topological polar surface area (TPSA) is 50.1 Å². The van der Waals surface area contributed by atoms with E-state index < -0.39 is 0 Å². The number of rotatable bonds is 7. The van der Waals surface area contributed by atoms with Crippen LogP contribution in [0.2, 0.25) is 0 Å². The van der Waals surface area contributed by atoms with Crippen LogP contribution in [0.4, 0.5) is 0 Å². The van der Waals surface area contributed by atoms with Crippen molar-refractivity contribution in [3.05, 3.63) is 18.0 Å². The Bertz CT molecular complexity index is 296. The quantitative estimate of drug-likeness (QED) is 0.726. The minimum absolute atomic E-state index is 0.270. The number of hydrogen-bond acceptors (Lipinski definition) is 3. The molecule has 1 heterocycles. The van der Waals surface area contributed by atoms with Crippen molar-refractivity contribution in [1.82, 2.24) is 15.1 Å². The number of nitrogens with one attached hydrogen (secondary N) is 1. The first-order valence-electron chi connectivity index (χ1n) is 5.95. The van der Waals surface area contributed by atoms with Crippen molar-refractivity contribution in [1.29, 1.82) is 0 Å². The lowest BCUT2D eigenvalue weighted by atomic mass is 10.1. The number of aromatic nitrogens is 2. The fourth-order valence-corrected chi connectivity index (χ4v) is 1.60. The van der Waals surface area contributed by atoms with Gasteiger partial charge in [0.15, 0.2) is 0 Å². The van der Waals surface area contributed by atoms with Crippen molar-refractivity contribution in [2.24, 2.45) is 13.0 Å². The highest BCUT2D eigenvalue weighted by Crippen LogP contribution is 2.03. The van der Waals surface area contributed by atoms with E-state index in [-0.39, 0.29) is 6.10 Å². The Hall–Kier alpha value is -0.870. The Kier molecular flexibility index (Phi) is 5.49. The molecule has 1 unspecified atom stereocenters. The summed E-state index contributed by atoms with van der Waals surface area (Å²) in [7, 11) is 1.93. The molecule has 1 aromatic heterocycles. The van der Waals surface area contributed by atoms with Crippen LogP contribution in [-0.4, -0.2) is 34.1 Å². The van der Waals surface area contributed by atoms with Gasteiger partial charge in [0.1, 0.15) is 0 Å². The summed E-state index contributed by atoms with van der Waals surface area (Å²) in [5.74, 6) is 0.629. The molecule has 0 saturated carbocycles. The zero-order valence-corrected chi connectivity index (χ0v) is 10.5. The molecular weight excluding hydrogens is 202 g/mol. The van der Waals surface area contributed by atoms with Gasteiger partial charge in [0.2, 0.25) is 0 Å². The molecule has 0 spiro atoms. The molecule has 4 nitrogen and oxygen atoms in total. The Labute approximate surface area is 97.7 Å². The molecule has 0 saturated heterocycles. The molecule has 0 aromatic carbocycles. The first-order valence-corrected chi connectivity index (χ1v) is 5.95. The van der Waals surface area contributed by atoms with Crippen LogP contribution in [0.3, 0.4) is 0 Å². The van der Waals surface area contributed by atoms with Gasteiger partial charge in [-0.2, -0.15) is 5.10 Å². The van der Waals surface area contributed by atoms with Gasteiger partial charge in [-0.05, 0) is 31.4 Å². The first-order chi connectivity index (χ1) is 7.59. The van der Waals surface area contributed by atoms with Crippen LogP contribution in [-0.2, 0) is 13.5 Å². The molecule has 0 aliphatic rings. The Balaban J connectivity index is 2.15. The molecule has 2 N–H and O–H groups in total. The summed E-state index contributed by atoms with van der Waals surface area (Å²) in [6.07, 6.45) is 3.18. The van der Waals surface area contributed by atoms with Crippen molar-refractivity contribution < 1.29 is 5.11 Å². The Morgan fingerprint density at radius 2 is 2.19 bits per heavy atom. The molecule has 1 atom stereocenters.